The van der Waals surface area contributed by atoms with E-state index in [2.05, 4.69) is 10.2 Å². The molecule has 0 spiro atoms. The van der Waals surface area contributed by atoms with Gasteiger partial charge in [0.2, 0.25) is 0 Å². The van der Waals surface area contributed by atoms with Gasteiger partial charge in [0.05, 0.1) is 5.69 Å². The predicted molar refractivity (Wildman–Crippen MR) is 53.1 cm³/mol. The first-order valence-electron chi connectivity index (χ1n) is 3.99. The Morgan fingerprint density at radius 3 is 2.50 bits per heavy atom. The number of halogens is 1. The summed E-state index contributed by atoms with van der Waals surface area (Å²) in [6.07, 6.45) is 0. The normalized spacial score (nSPS) is 13.0. The highest BCUT2D eigenvalue weighted by Gasteiger charge is 2.07. The van der Waals surface area contributed by atoms with Crippen molar-refractivity contribution in [1.29, 1.82) is 0 Å². The van der Waals surface area contributed by atoms with Crippen molar-refractivity contribution in [2.75, 3.05) is 0 Å². The smallest absolute Gasteiger partial charge is 0.330 e. The van der Waals surface area contributed by atoms with Crippen LogP contribution in [-0.4, -0.2) is 17.1 Å². The van der Waals surface area contributed by atoms with Crippen LogP contribution in [-0.2, 0) is 4.79 Å². The molecule has 0 saturated carbocycles. The van der Waals surface area contributed by atoms with E-state index in [1.165, 1.54) is 6.92 Å². The molecule has 0 saturated heterocycles. The Morgan fingerprint density at radius 1 is 1.43 bits per heavy atom. The van der Waals surface area contributed by atoms with Gasteiger partial charge >= 0.3 is 5.97 Å². The summed E-state index contributed by atoms with van der Waals surface area (Å²) in [4.78, 5) is 10.4. The SMILES string of the molecule is CC(N=Nc1ccc(Cl)cc1)C(=O)O. The van der Waals surface area contributed by atoms with Gasteiger partial charge in [-0.25, -0.2) is 4.79 Å². The van der Waals surface area contributed by atoms with Gasteiger partial charge in [-0.3, -0.25) is 0 Å². The van der Waals surface area contributed by atoms with Crippen molar-refractivity contribution in [3.63, 3.8) is 0 Å². The molecule has 0 aliphatic carbocycles. The van der Waals surface area contributed by atoms with E-state index >= 15 is 0 Å². The molecule has 0 heterocycles. The number of aliphatic carboxylic acids is 1. The van der Waals surface area contributed by atoms with E-state index in [0.717, 1.165) is 0 Å². The number of azo groups is 1. The minimum atomic E-state index is -0.997. The Morgan fingerprint density at radius 2 is 2.00 bits per heavy atom. The highest BCUT2D eigenvalue weighted by atomic mass is 35.5. The van der Waals surface area contributed by atoms with Crippen molar-refractivity contribution in [2.24, 2.45) is 10.2 Å². The number of benzene rings is 1. The van der Waals surface area contributed by atoms with Crippen LogP contribution < -0.4 is 0 Å². The van der Waals surface area contributed by atoms with Crippen LogP contribution >= 0.6 is 11.6 Å². The first-order valence-corrected chi connectivity index (χ1v) is 4.36. The maximum absolute atomic E-state index is 10.4. The van der Waals surface area contributed by atoms with Crippen molar-refractivity contribution in [2.45, 2.75) is 13.0 Å². The second kappa shape index (κ2) is 4.72. The number of carbonyl (C=O) groups is 1. The zero-order valence-electron chi connectivity index (χ0n) is 7.51. The molecule has 0 amide bonds. The van der Waals surface area contributed by atoms with E-state index in [1.807, 2.05) is 0 Å². The summed E-state index contributed by atoms with van der Waals surface area (Å²) in [5.74, 6) is -0.997. The topological polar surface area (TPSA) is 62.0 Å². The standard InChI is InChI=1S/C9H9ClN2O2/c1-6(9(13)14)11-12-8-4-2-7(10)3-5-8/h2-6H,1H3,(H,13,14). The van der Waals surface area contributed by atoms with Crippen LogP contribution in [0, 0.1) is 0 Å². The summed E-state index contributed by atoms with van der Waals surface area (Å²) >= 11 is 5.66. The molecule has 1 atom stereocenters. The van der Waals surface area contributed by atoms with E-state index in [9.17, 15) is 4.79 Å². The molecule has 4 nitrogen and oxygen atoms in total. The lowest BCUT2D eigenvalue weighted by atomic mass is 10.3. The third-order valence-electron chi connectivity index (χ3n) is 1.53. The maximum Gasteiger partial charge on any atom is 0.330 e. The van der Waals surface area contributed by atoms with Crippen LogP contribution in [0.3, 0.4) is 0 Å². The first kappa shape index (κ1) is 10.7. The van der Waals surface area contributed by atoms with Crippen LogP contribution in [0.5, 0.6) is 0 Å². The van der Waals surface area contributed by atoms with Gasteiger partial charge in [0.25, 0.3) is 0 Å². The molecule has 0 aliphatic heterocycles. The van der Waals surface area contributed by atoms with Gasteiger partial charge in [-0.05, 0) is 31.2 Å². The largest absolute Gasteiger partial charge is 0.480 e. The van der Waals surface area contributed by atoms with Crippen molar-refractivity contribution in [3.8, 4) is 0 Å². The molecule has 0 fully saturated rings. The zero-order valence-corrected chi connectivity index (χ0v) is 8.27. The van der Waals surface area contributed by atoms with Crippen LogP contribution in [0.15, 0.2) is 34.5 Å². The summed E-state index contributed by atoms with van der Waals surface area (Å²) in [5, 5.41) is 16.5. The van der Waals surface area contributed by atoms with E-state index in [4.69, 9.17) is 16.7 Å². The quantitative estimate of drug-likeness (QED) is 0.783. The van der Waals surface area contributed by atoms with E-state index < -0.39 is 12.0 Å². The lowest BCUT2D eigenvalue weighted by Crippen LogP contribution is -2.11. The van der Waals surface area contributed by atoms with Crippen LogP contribution in [0.1, 0.15) is 6.92 Å². The summed E-state index contributed by atoms with van der Waals surface area (Å²) in [6.45, 7) is 1.46. The molecule has 14 heavy (non-hydrogen) atoms. The number of carboxylic acids is 1. The second-order valence-corrected chi connectivity index (χ2v) is 3.14. The Bertz CT molecular complexity index is 348. The summed E-state index contributed by atoms with van der Waals surface area (Å²) in [5.41, 5.74) is 0.586. The zero-order chi connectivity index (χ0) is 10.6. The van der Waals surface area contributed by atoms with Crippen LogP contribution in [0.4, 0.5) is 5.69 Å². The molecule has 5 heteroatoms. The first-order chi connectivity index (χ1) is 6.59. The van der Waals surface area contributed by atoms with Gasteiger partial charge in [-0.1, -0.05) is 11.6 Å². The third kappa shape index (κ3) is 3.14. The van der Waals surface area contributed by atoms with Crippen molar-refractivity contribution >= 4 is 23.3 Å². The number of hydrogen-bond donors (Lipinski definition) is 1. The molecule has 1 aromatic rings. The highest BCUT2D eigenvalue weighted by molar-refractivity contribution is 6.30. The molecule has 1 N–H and O–H groups in total. The molecule has 1 rings (SSSR count). The Hall–Kier alpha value is -1.42. The van der Waals surface area contributed by atoms with E-state index in [-0.39, 0.29) is 0 Å². The van der Waals surface area contributed by atoms with E-state index in [0.29, 0.717) is 10.7 Å². The molecule has 1 aromatic carbocycles. The molecule has 74 valence electrons. The average Bonchev–Trinajstić information content (AvgIpc) is 2.16. The maximum atomic E-state index is 10.4. The lowest BCUT2D eigenvalue weighted by Gasteiger charge is -1.96. The molecule has 1 unspecified atom stereocenters. The Labute approximate surface area is 86.2 Å². The molecule has 0 aromatic heterocycles. The van der Waals surface area contributed by atoms with Gasteiger partial charge in [-0.2, -0.15) is 10.2 Å². The predicted octanol–water partition coefficient (Wildman–Crippen LogP) is 2.90. The molecular formula is C9H9ClN2O2. The number of rotatable bonds is 3. The molecular weight excluding hydrogens is 204 g/mol. The molecule has 0 bridgehead atoms. The average molecular weight is 213 g/mol. The summed E-state index contributed by atoms with van der Waals surface area (Å²) < 4.78 is 0. The van der Waals surface area contributed by atoms with Gasteiger partial charge in [0.1, 0.15) is 0 Å². The number of nitrogens with zero attached hydrogens (tertiary/aromatic N) is 2. The number of carboxylic acid groups (broad SMARTS) is 1. The van der Waals surface area contributed by atoms with E-state index in [1.54, 1.807) is 24.3 Å². The summed E-state index contributed by atoms with van der Waals surface area (Å²) in [6, 6.07) is 5.84. The van der Waals surface area contributed by atoms with Gasteiger partial charge in [-0.15, -0.1) is 0 Å². The molecule has 0 radical (unpaired) electrons. The fourth-order valence-electron chi connectivity index (χ4n) is 0.710. The second-order valence-electron chi connectivity index (χ2n) is 2.71. The lowest BCUT2D eigenvalue weighted by molar-refractivity contribution is -0.138. The number of hydrogen-bond acceptors (Lipinski definition) is 3. The van der Waals surface area contributed by atoms with Crippen molar-refractivity contribution in [1.82, 2.24) is 0 Å². The fraction of sp³-hybridized carbons (Fsp3) is 0.222. The minimum Gasteiger partial charge on any atom is -0.480 e. The summed E-state index contributed by atoms with van der Waals surface area (Å²) in [7, 11) is 0. The third-order valence-corrected chi connectivity index (χ3v) is 1.78. The van der Waals surface area contributed by atoms with Crippen molar-refractivity contribution in [3.05, 3.63) is 29.3 Å². The fourth-order valence-corrected chi connectivity index (χ4v) is 0.836. The van der Waals surface area contributed by atoms with Crippen molar-refractivity contribution < 1.29 is 9.90 Å². The highest BCUT2D eigenvalue weighted by Crippen LogP contribution is 2.16. The van der Waals surface area contributed by atoms with Gasteiger partial charge < -0.3 is 5.11 Å². The van der Waals surface area contributed by atoms with Crippen LogP contribution in [0.2, 0.25) is 5.02 Å². The Kier molecular flexibility index (Phi) is 3.59. The van der Waals surface area contributed by atoms with Crippen LogP contribution in [0.25, 0.3) is 0 Å². The monoisotopic (exact) mass is 212 g/mol. The minimum absolute atomic E-state index is 0.586. The molecule has 0 aliphatic rings. The Balaban J connectivity index is 2.69. The van der Waals surface area contributed by atoms with Gasteiger partial charge in [0.15, 0.2) is 6.04 Å². The van der Waals surface area contributed by atoms with Gasteiger partial charge in [0, 0.05) is 5.02 Å².